The molecule has 3 nitrogen and oxygen atoms in total. The molecule has 0 amide bonds. The molecule has 80 valence electrons. The van der Waals surface area contributed by atoms with Gasteiger partial charge in [-0.25, -0.2) is 4.79 Å². The van der Waals surface area contributed by atoms with E-state index in [0.717, 1.165) is 25.7 Å². The van der Waals surface area contributed by atoms with E-state index in [1.807, 2.05) is 0 Å². The zero-order valence-electron chi connectivity index (χ0n) is 8.86. The molecule has 0 aromatic carbocycles. The Labute approximate surface area is 85.4 Å². The molecule has 0 fully saturated rings. The van der Waals surface area contributed by atoms with Gasteiger partial charge < -0.3 is 9.47 Å². The molecule has 0 aliphatic carbocycles. The van der Waals surface area contributed by atoms with Gasteiger partial charge in [-0.2, -0.15) is 0 Å². The third-order valence-corrected chi connectivity index (χ3v) is 1.43. The van der Waals surface area contributed by atoms with Crippen LogP contribution in [0.1, 0.15) is 39.5 Å². The summed E-state index contributed by atoms with van der Waals surface area (Å²) in [7, 11) is 0. The highest BCUT2D eigenvalue weighted by atomic mass is 16.7. The van der Waals surface area contributed by atoms with Crippen molar-refractivity contribution >= 4 is 6.16 Å². The summed E-state index contributed by atoms with van der Waals surface area (Å²) in [5.41, 5.74) is 0. The van der Waals surface area contributed by atoms with Crippen LogP contribution in [0.5, 0.6) is 0 Å². The fraction of sp³-hybridized carbons (Fsp3) is 0.545. The third-order valence-electron chi connectivity index (χ3n) is 1.43. The third kappa shape index (κ3) is 8.84. The van der Waals surface area contributed by atoms with Gasteiger partial charge in [0.2, 0.25) is 0 Å². The second-order valence-corrected chi connectivity index (χ2v) is 2.81. The van der Waals surface area contributed by atoms with E-state index in [1.54, 1.807) is 12.2 Å². The van der Waals surface area contributed by atoms with Gasteiger partial charge in [-0.05, 0) is 25.0 Å². The Morgan fingerprint density at radius 3 is 1.79 bits per heavy atom. The molecular formula is C11H18O3. The van der Waals surface area contributed by atoms with Crippen molar-refractivity contribution in [3.05, 3.63) is 24.7 Å². The van der Waals surface area contributed by atoms with Crippen LogP contribution in [0.15, 0.2) is 24.7 Å². The molecule has 0 rings (SSSR count). The fourth-order valence-electron chi connectivity index (χ4n) is 0.705. The summed E-state index contributed by atoms with van der Waals surface area (Å²) in [6.45, 7) is 4.10. The lowest BCUT2D eigenvalue weighted by Gasteiger charge is -1.95. The molecule has 0 saturated carbocycles. The number of hydrogen-bond acceptors (Lipinski definition) is 3. The fourth-order valence-corrected chi connectivity index (χ4v) is 0.705. The Morgan fingerprint density at radius 2 is 1.43 bits per heavy atom. The summed E-state index contributed by atoms with van der Waals surface area (Å²) >= 11 is 0. The summed E-state index contributed by atoms with van der Waals surface area (Å²) in [5, 5.41) is 0. The quantitative estimate of drug-likeness (QED) is 0.481. The average Bonchev–Trinajstić information content (AvgIpc) is 2.19. The zero-order valence-corrected chi connectivity index (χ0v) is 8.86. The highest BCUT2D eigenvalue weighted by Gasteiger charge is 1.96. The number of carbonyl (C=O) groups excluding carboxylic acids is 1. The second kappa shape index (κ2) is 9.84. The standard InChI is InChI=1S/C11H18O3/c1-3-5-7-9-13-11(12)14-10-8-6-4-2/h7-10H,3-6H2,1-2H3/b9-7+,10-8+. The van der Waals surface area contributed by atoms with E-state index in [0.29, 0.717) is 0 Å². The van der Waals surface area contributed by atoms with Gasteiger partial charge in [0.1, 0.15) is 0 Å². The number of ether oxygens (including phenoxy) is 2. The first-order chi connectivity index (χ1) is 6.81. The van der Waals surface area contributed by atoms with E-state index in [-0.39, 0.29) is 0 Å². The number of hydrogen-bond donors (Lipinski definition) is 0. The molecule has 0 atom stereocenters. The maximum absolute atomic E-state index is 10.8. The number of allylic oxidation sites excluding steroid dienone is 2. The molecule has 0 spiro atoms. The first-order valence-electron chi connectivity index (χ1n) is 4.98. The van der Waals surface area contributed by atoms with Crippen LogP contribution in [0.4, 0.5) is 4.79 Å². The molecule has 0 radical (unpaired) electrons. The van der Waals surface area contributed by atoms with Crippen molar-refractivity contribution in [1.29, 1.82) is 0 Å². The van der Waals surface area contributed by atoms with Crippen LogP contribution in [0.2, 0.25) is 0 Å². The van der Waals surface area contributed by atoms with E-state index in [4.69, 9.17) is 0 Å². The van der Waals surface area contributed by atoms with Crippen molar-refractivity contribution in [2.75, 3.05) is 0 Å². The van der Waals surface area contributed by atoms with E-state index in [1.165, 1.54) is 12.5 Å². The molecule has 14 heavy (non-hydrogen) atoms. The van der Waals surface area contributed by atoms with Crippen molar-refractivity contribution in [1.82, 2.24) is 0 Å². The van der Waals surface area contributed by atoms with Gasteiger partial charge in [0.25, 0.3) is 0 Å². The average molecular weight is 198 g/mol. The Kier molecular flexibility index (Phi) is 8.96. The molecule has 3 heteroatoms. The van der Waals surface area contributed by atoms with Crippen molar-refractivity contribution in [2.24, 2.45) is 0 Å². The molecule has 0 bridgehead atoms. The summed E-state index contributed by atoms with van der Waals surface area (Å²) in [6.07, 6.45) is 9.48. The SMILES string of the molecule is CCC/C=C/OC(=O)O/C=C/CCC. The molecule has 0 aliphatic heterocycles. The highest BCUT2D eigenvalue weighted by molar-refractivity contribution is 5.61. The molecule has 0 N–H and O–H groups in total. The molecular weight excluding hydrogens is 180 g/mol. The Bertz CT molecular complexity index is 175. The summed E-state index contributed by atoms with van der Waals surface area (Å²) in [5.74, 6) is 0. The molecule has 0 aliphatic rings. The monoisotopic (exact) mass is 198 g/mol. The minimum atomic E-state index is -0.690. The smallest absolute Gasteiger partial charge is 0.403 e. The summed E-state index contributed by atoms with van der Waals surface area (Å²) in [4.78, 5) is 10.8. The van der Waals surface area contributed by atoms with Crippen molar-refractivity contribution in [3.63, 3.8) is 0 Å². The predicted octanol–water partition coefficient (Wildman–Crippen LogP) is 3.77. The van der Waals surface area contributed by atoms with E-state index in [2.05, 4.69) is 23.3 Å². The van der Waals surface area contributed by atoms with Crippen molar-refractivity contribution in [3.8, 4) is 0 Å². The molecule has 0 saturated heterocycles. The van der Waals surface area contributed by atoms with E-state index in [9.17, 15) is 4.79 Å². The predicted molar refractivity (Wildman–Crippen MR) is 55.7 cm³/mol. The van der Waals surface area contributed by atoms with Gasteiger partial charge in [0, 0.05) is 0 Å². The van der Waals surface area contributed by atoms with Crippen LogP contribution in [0.3, 0.4) is 0 Å². The van der Waals surface area contributed by atoms with Gasteiger partial charge in [-0.1, -0.05) is 26.7 Å². The minimum Gasteiger partial charge on any atom is -0.403 e. The highest BCUT2D eigenvalue weighted by Crippen LogP contribution is 1.94. The summed E-state index contributed by atoms with van der Waals surface area (Å²) < 4.78 is 9.26. The normalized spacial score (nSPS) is 11.0. The van der Waals surface area contributed by atoms with Crippen molar-refractivity contribution < 1.29 is 14.3 Å². The zero-order chi connectivity index (χ0) is 10.6. The van der Waals surface area contributed by atoms with Crippen LogP contribution in [0, 0.1) is 0 Å². The van der Waals surface area contributed by atoms with Crippen LogP contribution < -0.4 is 0 Å². The lowest BCUT2D eigenvalue weighted by atomic mass is 10.3. The van der Waals surface area contributed by atoms with Crippen molar-refractivity contribution in [2.45, 2.75) is 39.5 Å². The van der Waals surface area contributed by atoms with Gasteiger partial charge in [0.05, 0.1) is 12.5 Å². The van der Waals surface area contributed by atoms with Crippen LogP contribution in [-0.4, -0.2) is 6.16 Å². The molecule has 0 aromatic heterocycles. The van der Waals surface area contributed by atoms with Crippen LogP contribution in [0.25, 0.3) is 0 Å². The van der Waals surface area contributed by atoms with Crippen LogP contribution in [-0.2, 0) is 9.47 Å². The van der Waals surface area contributed by atoms with Gasteiger partial charge in [0.15, 0.2) is 0 Å². The van der Waals surface area contributed by atoms with Gasteiger partial charge in [-0.3, -0.25) is 0 Å². The van der Waals surface area contributed by atoms with E-state index < -0.39 is 6.16 Å². The maximum atomic E-state index is 10.8. The second-order valence-electron chi connectivity index (χ2n) is 2.81. The lowest BCUT2D eigenvalue weighted by molar-refractivity contribution is 0.119. The number of unbranched alkanes of at least 4 members (excludes halogenated alkanes) is 2. The topological polar surface area (TPSA) is 35.5 Å². The largest absolute Gasteiger partial charge is 0.518 e. The van der Waals surface area contributed by atoms with Gasteiger partial charge >= 0.3 is 6.16 Å². The molecule has 0 heterocycles. The lowest BCUT2D eigenvalue weighted by Crippen LogP contribution is -1.97. The Balaban J connectivity index is 3.45. The molecule has 0 aromatic rings. The number of rotatable bonds is 6. The minimum absolute atomic E-state index is 0.690. The van der Waals surface area contributed by atoms with Gasteiger partial charge in [-0.15, -0.1) is 0 Å². The maximum Gasteiger partial charge on any atom is 0.518 e. The number of carbonyl (C=O) groups is 1. The van der Waals surface area contributed by atoms with Crippen LogP contribution >= 0.6 is 0 Å². The van der Waals surface area contributed by atoms with E-state index >= 15 is 0 Å². The first kappa shape index (κ1) is 12.8. The first-order valence-corrected chi connectivity index (χ1v) is 4.98. The summed E-state index contributed by atoms with van der Waals surface area (Å²) in [6, 6.07) is 0. The molecule has 0 unspecified atom stereocenters. The Morgan fingerprint density at radius 1 is 1.00 bits per heavy atom. The Hall–Kier alpha value is -1.25.